The van der Waals surface area contributed by atoms with Crippen molar-refractivity contribution in [2.45, 2.75) is 25.8 Å². The number of aromatic hydroxyl groups is 1. The number of hydrogen-bond donors (Lipinski definition) is 1. The van der Waals surface area contributed by atoms with Crippen molar-refractivity contribution in [2.24, 2.45) is 0 Å². The van der Waals surface area contributed by atoms with E-state index in [1.807, 2.05) is 19.1 Å². The first-order valence-electron chi connectivity index (χ1n) is 8.53. The minimum Gasteiger partial charge on any atom is -0.504 e. The van der Waals surface area contributed by atoms with E-state index in [4.69, 9.17) is 9.47 Å². The van der Waals surface area contributed by atoms with Crippen molar-refractivity contribution in [3.05, 3.63) is 41.0 Å². The van der Waals surface area contributed by atoms with Crippen molar-refractivity contribution in [3.8, 4) is 28.4 Å². The topological polar surface area (TPSA) is 41.9 Å². The lowest BCUT2D eigenvalue weighted by Gasteiger charge is -2.40. The van der Waals surface area contributed by atoms with Gasteiger partial charge in [-0.05, 0) is 67.3 Å². The number of rotatable bonds is 3. The minimum absolute atomic E-state index is 0.242. The van der Waals surface area contributed by atoms with Gasteiger partial charge in [0.2, 0.25) is 0 Å². The van der Waals surface area contributed by atoms with Gasteiger partial charge in [0, 0.05) is 18.2 Å². The van der Waals surface area contributed by atoms with Gasteiger partial charge in [0.1, 0.15) is 5.75 Å². The first-order valence-corrected chi connectivity index (χ1v) is 8.53. The van der Waals surface area contributed by atoms with Crippen LogP contribution in [0.25, 0.3) is 11.1 Å². The largest absolute Gasteiger partial charge is 0.504 e. The molecule has 2 aromatic rings. The molecule has 0 saturated carbocycles. The monoisotopic (exact) mass is 325 g/mol. The molecule has 24 heavy (non-hydrogen) atoms. The van der Waals surface area contributed by atoms with E-state index in [1.54, 1.807) is 7.11 Å². The maximum Gasteiger partial charge on any atom is 0.166 e. The number of phenolic OH excluding ortho intramolecular Hbond substituents is 1. The second-order valence-corrected chi connectivity index (χ2v) is 6.58. The van der Waals surface area contributed by atoms with Crippen molar-refractivity contribution < 1.29 is 14.6 Å². The van der Waals surface area contributed by atoms with Crippen molar-refractivity contribution in [3.63, 3.8) is 0 Å². The second-order valence-electron chi connectivity index (χ2n) is 6.58. The van der Waals surface area contributed by atoms with E-state index in [0.717, 1.165) is 36.3 Å². The lowest BCUT2D eigenvalue weighted by molar-refractivity contribution is 0.226. The Balaban J connectivity index is 2.00. The molecule has 4 heteroatoms. The summed E-state index contributed by atoms with van der Waals surface area (Å²) in [7, 11) is 3.78. The van der Waals surface area contributed by atoms with Crippen molar-refractivity contribution in [1.29, 1.82) is 0 Å². The van der Waals surface area contributed by atoms with E-state index in [0.29, 0.717) is 18.4 Å². The van der Waals surface area contributed by atoms with Gasteiger partial charge in [0.15, 0.2) is 11.5 Å². The summed E-state index contributed by atoms with van der Waals surface area (Å²) in [6, 6.07) is 8.52. The highest BCUT2D eigenvalue weighted by Gasteiger charge is 2.35. The summed E-state index contributed by atoms with van der Waals surface area (Å²) in [6.07, 6.45) is 1.94. The maximum atomic E-state index is 10.9. The minimum atomic E-state index is 0.242. The second kappa shape index (κ2) is 5.71. The van der Waals surface area contributed by atoms with E-state index in [-0.39, 0.29) is 5.75 Å². The highest BCUT2D eigenvalue weighted by Crippen LogP contribution is 2.52. The maximum absolute atomic E-state index is 10.9. The molecule has 0 radical (unpaired) electrons. The third kappa shape index (κ3) is 2.17. The Morgan fingerprint density at radius 3 is 2.83 bits per heavy atom. The van der Waals surface area contributed by atoms with Gasteiger partial charge in [-0.2, -0.15) is 0 Å². The standard InChI is InChI=1S/C20H23NO3/c1-4-24-14-6-5-12-9-16-18-13(7-8-21(16)2)10-17(23-3)20(22)19(18)15(12)11-14/h5-6,10-11,16,22H,4,7-9H2,1-3H3. The van der Waals surface area contributed by atoms with Crippen LogP contribution in [-0.4, -0.2) is 37.3 Å². The quantitative estimate of drug-likeness (QED) is 0.937. The Bertz CT molecular complexity index is 800. The summed E-state index contributed by atoms with van der Waals surface area (Å²) >= 11 is 0. The molecule has 1 aliphatic carbocycles. The third-order valence-corrected chi connectivity index (χ3v) is 5.28. The van der Waals surface area contributed by atoms with E-state index < -0.39 is 0 Å². The van der Waals surface area contributed by atoms with Gasteiger partial charge in [0.25, 0.3) is 0 Å². The predicted molar refractivity (Wildman–Crippen MR) is 94.0 cm³/mol. The molecular formula is C20H23NO3. The highest BCUT2D eigenvalue weighted by atomic mass is 16.5. The van der Waals surface area contributed by atoms with Crippen LogP contribution in [0.4, 0.5) is 0 Å². The number of ether oxygens (including phenoxy) is 2. The Hall–Kier alpha value is -2.20. The van der Waals surface area contributed by atoms with Crippen LogP contribution in [0.5, 0.6) is 17.2 Å². The number of fused-ring (bicyclic) bond motifs is 2. The molecule has 0 aromatic heterocycles. The van der Waals surface area contributed by atoms with Crippen molar-refractivity contribution in [1.82, 2.24) is 4.90 Å². The smallest absolute Gasteiger partial charge is 0.166 e. The molecule has 1 heterocycles. The normalized spacial score (nSPS) is 18.7. The van der Waals surface area contributed by atoms with Gasteiger partial charge in [-0.1, -0.05) is 6.07 Å². The Labute approximate surface area is 142 Å². The zero-order valence-corrected chi connectivity index (χ0v) is 14.4. The van der Waals surface area contributed by atoms with Gasteiger partial charge in [-0.15, -0.1) is 0 Å². The molecule has 0 fully saturated rings. The first-order chi connectivity index (χ1) is 11.6. The van der Waals surface area contributed by atoms with Crippen LogP contribution in [0.15, 0.2) is 24.3 Å². The molecule has 0 saturated heterocycles. The van der Waals surface area contributed by atoms with Crippen LogP contribution in [-0.2, 0) is 12.8 Å². The zero-order chi connectivity index (χ0) is 16.8. The van der Waals surface area contributed by atoms with Crippen LogP contribution < -0.4 is 9.47 Å². The fraction of sp³-hybridized carbons (Fsp3) is 0.400. The van der Waals surface area contributed by atoms with Crippen LogP contribution in [0.1, 0.15) is 29.7 Å². The molecule has 126 valence electrons. The number of phenols is 1. The number of nitrogens with zero attached hydrogens (tertiary/aromatic N) is 1. The molecule has 4 rings (SSSR count). The average molecular weight is 325 g/mol. The third-order valence-electron chi connectivity index (χ3n) is 5.28. The summed E-state index contributed by atoms with van der Waals surface area (Å²) in [6.45, 7) is 3.64. The summed E-state index contributed by atoms with van der Waals surface area (Å²) < 4.78 is 11.1. The van der Waals surface area contributed by atoms with E-state index in [2.05, 4.69) is 24.1 Å². The Morgan fingerprint density at radius 1 is 1.25 bits per heavy atom. The van der Waals surface area contributed by atoms with Crippen LogP contribution in [0, 0.1) is 0 Å². The fourth-order valence-corrected chi connectivity index (χ4v) is 4.09. The number of hydrogen-bond acceptors (Lipinski definition) is 4. The number of benzene rings is 2. The van der Waals surface area contributed by atoms with Gasteiger partial charge in [0.05, 0.1) is 13.7 Å². The molecule has 1 N–H and O–H groups in total. The number of likely N-dealkylation sites (N-methyl/N-ethyl adjacent to an activating group) is 1. The molecule has 0 spiro atoms. The van der Waals surface area contributed by atoms with Gasteiger partial charge in [-0.25, -0.2) is 0 Å². The van der Waals surface area contributed by atoms with E-state index >= 15 is 0 Å². The lowest BCUT2D eigenvalue weighted by atomic mass is 9.76. The molecule has 0 bridgehead atoms. The fourth-order valence-electron chi connectivity index (χ4n) is 4.09. The Kier molecular flexibility index (Phi) is 3.65. The molecule has 1 unspecified atom stereocenters. The number of methoxy groups -OCH3 is 1. The lowest BCUT2D eigenvalue weighted by Crippen LogP contribution is -2.35. The van der Waals surface area contributed by atoms with Gasteiger partial charge < -0.3 is 14.6 Å². The average Bonchev–Trinajstić information content (AvgIpc) is 2.59. The van der Waals surface area contributed by atoms with Crippen molar-refractivity contribution in [2.75, 3.05) is 27.3 Å². The first kappa shape index (κ1) is 15.3. The van der Waals surface area contributed by atoms with Crippen LogP contribution >= 0.6 is 0 Å². The Morgan fingerprint density at radius 2 is 2.08 bits per heavy atom. The molecule has 1 aliphatic heterocycles. The zero-order valence-electron chi connectivity index (χ0n) is 14.4. The molecule has 2 aliphatic rings. The van der Waals surface area contributed by atoms with Gasteiger partial charge in [-0.3, -0.25) is 4.90 Å². The summed E-state index contributed by atoms with van der Waals surface area (Å²) in [4.78, 5) is 2.39. The van der Waals surface area contributed by atoms with E-state index in [1.165, 1.54) is 16.7 Å². The predicted octanol–water partition coefficient (Wildman–Crippen LogP) is 3.55. The molecular weight excluding hydrogens is 302 g/mol. The SMILES string of the molecule is CCOc1ccc2c(c1)-c1c(O)c(OC)cc3c1C(C2)N(C)CC3. The van der Waals surface area contributed by atoms with Crippen LogP contribution in [0.2, 0.25) is 0 Å². The molecule has 1 atom stereocenters. The van der Waals surface area contributed by atoms with Crippen LogP contribution in [0.3, 0.4) is 0 Å². The molecule has 0 amide bonds. The van der Waals surface area contributed by atoms with E-state index in [9.17, 15) is 5.11 Å². The van der Waals surface area contributed by atoms with Crippen molar-refractivity contribution >= 4 is 0 Å². The summed E-state index contributed by atoms with van der Waals surface area (Å²) in [5.41, 5.74) is 5.78. The summed E-state index contributed by atoms with van der Waals surface area (Å²) in [5, 5.41) is 10.9. The highest BCUT2D eigenvalue weighted by molar-refractivity contribution is 5.83. The summed E-state index contributed by atoms with van der Waals surface area (Å²) in [5.74, 6) is 1.64. The molecule has 4 nitrogen and oxygen atoms in total. The molecule has 2 aromatic carbocycles. The van der Waals surface area contributed by atoms with Gasteiger partial charge >= 0.3 is 0 Å².